The van der Waals surface area contributed by atoms with Gasteiger partial charge in [-0.05, 0) is 79.2 Å². The third-order valence-corrected chi connectivity index (χ3v) is 6.94. The van der Waals surface area contributed by atoms with Crippen molar-refractivity contribution < 1.29 is 9.90 Å². The molecule has 1 amide bonds. The van der Waals surface area contributed by atoms with Crippen molar-refractivity contribution in [3.05, 3.63) is 64.6 Å². The Labute approximate surface area is 208 Å². The second kappa shape index (κ2) is 12.8. The minimum atomic E-state index is -0.453. The summed E-state index contributed by atoms with van der Waals surface area (Å²) in [6.45, 7) is 4.71. The number of aryl methyl sites for hydroxylation is 1. The van der Waals surface area contributed by atoms with Crippen LogP contribution in [0, 0.1) is 0 Å². The van der Waals surface area contributed by atoms with Gasteiger partial charge in [-0.3, -0.25) is 4.79 Å². The molecule has 1 atom stereocenters. The van der Waals surface area contributed by atoms with Crippen LogP contribution < -0.4 is 14.9 Å². The lowest BCUT2D eigenvalue weighted by molar-refractivity contribution is -0.117. The van der Waals surface area contributed by atoms with Gasteiger partial charge in [0.15, 0.2) is 5.13 Å². The van der Waals surface area contributed by atoms with Crippen molar-refractivity contribution in [1.29, 1.82) is 0 Å². The number of carbonyl (C=O) groups excluding carboxylic acids is 1. The van der Waals surface area contributed by atoms with E-state index in [9.17, 15) is 9.90 Å². The van der Waals surface area contributed by atoms with E-state index < -0.39 is 6.04 Å². The Hall–Kier alpha value is -2.26. The standard InChI is InChI=1S/C22H23ClN4O2S2.C2H6/c23-16-3-8-19-15(14-16)2-1-11-27(19)20(9-12-28)21(29)25-17-4-6-18(7-5-17)31-26-22-24-10-13-30-22;1-2/h3-8,10,13-14,20,28H,1-2,9,11-12H2,(H,24,26)(H,25,29);1-2H3. The lowest BCUT2D eigenvalue weighted by Crippen LogP contribution is -2.47. The number of aliphatic hydroxyl groups excluding tert-OH is 1. The third-order valence-electron chi connectivity index (χ3n) is 5.09. The molecule has 33 heavy (non-hydrogen) atoms. The Morgan fingerprint density at radius 1 is 1.27 bits per heavy atom. The average Bonchev–Trinajstić information content (AvgIpc) is 3.36. The molecule has 3 aromatic rings. The van der Waals surface area contributed by atoms with Crippen LogP contribution in [0.4, 0.5) is 16.5 Å². The normalized spacial score (nSPS) is 13.4. The molecule has 1 unspecified atom stereocenters. The second-order valence-electron chi connectivity index (χ2n) is 7.15. The lowest BCUT2D eigenvalue weighted by atomic mass is 9.98. The largest absolute Gasteiger partial charge is 0.396 e. The van der Waals surface area contributed by atoms with E-state index in [1.807, 2.05) is 61.7 Å². The number of amides is 1. The molecule has 0 radical (unpaired) electrons. The first-order valence-electron chi connectivity index (χ1n) is 11.0. The summed E-state index contributed by atoms with van der Waals surface area (Å²) in [7, 11) is 0. The predicted molar refractivity (Wildman–Crippen MR) is 141 cm³/mol. The summed E-state index contributed by atoms with van der Waals surface area (Å²) in [6.07, 6.45) is 4.00. The summed E-state index contributed by atoms with van der Waals surface area (Å²) in [5, 5.41) is 16.1. The Morgan fingerprint density at radius 3 is 2.76 bits per heavy atom. The summed E-state index contributed by atoms with van der Waals surface area (Å²) >= 11 is 9.16. The van der Waals surface area contributed by atoms with E-state index >= 15 is 0 Å². The van der Waals surface area contributed by atoms with E-state index in [0.29, 0.717) is 11.4 Å². The zero-order valence-corrected chi connectivity index (χ0v) is 21.1. The van der Waals surface area contributed by atoms with Gasteiger partial charge in [-0.2, -0.15) is 0 Å². The smallest absolute Gasteiger partial charge is 0.247 e. The molecule has 0 fully saturated rings. The number of anilines is 3. The van der Waals surface area contributed by atoms with Crippen molar-refractivity contribution in [3.8, 4) is 0 Å². The van der Waals surface area contributed by atoms with Crippen molar-refractivity contribution in [2.45, 2.75) is 44.0 Å². The Morgan fingerprint density at radius 2 is 2.06 bits per heavy atom. The van der Waals surface area contributed by atoms with Gasteiger partial charge >= 0.3 is 0 Å². The molecule has 0 saturated carbocycles. The molecule has 0 spiro atoms. The minimum Gasteiger partial charge on any atom is -0.396 e. The highest BCUT2D eigenvalue weighted by Gasteiger charge is 2.29. The van der Waals surface area contributed by atoms with Crippen LogP contribution in [0.15, 0.2) is 58.9 Å². The van der Waals surface area contributed by atoms with Gasteiger partial charge in [0, 0.05) is 46.0 Å². The van der Waals surface area contributed by atoms with Crippen LogP contribution in [0.5, 0.6) is 0 Å². The lowest BCUT2D eigenvalue weighted by Gasteiger charge is -2.37. The fourth-order valence-electron chi connectivity index (χ4n) is 3.68. The highest BCUT2D eigenvalue weighted by molar-refractivity contribution is 8.00. The van der Waals surface area contributed by atoms with Gasteiger partial charge < -0.3 is 20.0 Å². The highest BCUT2D eigenvalue weighted by Crippen LogP contribution is 2.32. The topological polar surface area (TPSA) is 77.5 Å². The SMILES string of the molecule is CC.O=C(Nc1ccc(SNc2nccs2)cc1)C(CCO)N1CCCc2cc(Cl)ccc21. The number of hydrogen-bond donors (Lipinski definition) is 3. The molecule has 0 aliphatic carbocycles. The van der Waals surface area contributed by atoms with Crippen LogP contribution in [0.3, 0.4) is 0 Å². The number of carbonyl (C=O) groups is 1. The van der Waals surface area contributed by atoms with Crippen LogP contribution in [0.25, 0.3) is 0 Å². The molecular formula is C24H29ClN4O2S2. The van der Waals surface area contributed by atoms with E-state index in [1.54, 1.807) is 6.20 Å². The van der Waals surface area contributed by atoms with Gasteiger partial charge in [-0.15, -0.1) is 11.3 Å². The van der Waals surface area contributed by atoms with Gasteiger partial charge in [0.2, 0.25) is 5.91 Å². The molecule has 3 N–H and O–H groups in total. The number of fused-ring (bicyclic) bond motifs is 1. The quantitative estimate of drug-likeness (QED) is 0.322. The zero-order valence-electron chi connectivity index (χ0n) is 18.8. The van der Waals surface area contributed by atoms with Crippen LogP contribution in [0.1, 0.15) is 32.3 Å². The van der Waals surface area contributed by atoms with E-state index in [0.717, 1.165) is 46.4 Å². The average molecular weight is 505 g/mol. The summed E-state index contributed by atoms with van der Waals surface area (Å²) in [4.78, 5) is 20.4. The number of hydrogen-bond acceptors (Lipinski definition) is 7. The number of rotatable bonds is 8. The second-order valence-corrected chi connectivity index (χ2v) is 9.36. The molecule has 1 aliphatic rings. The molecule has 9 heteroatoms. The number of benzene rings is 2. The molecule has 0 saturated heterocycles. The maximum Gasteiger partial charge on any atom is 0.247 e. The molecule has 1 aromatic heterocycles. The number of nitrogens with zero attached hydrogens (tertiary/aromatic N) is 2. The maximum atomic E-state index is 13.1. The van der Waals surface area contributed by atoms with Crippen LogP contribution in [-0.2, 0) is 11.2 Å². The summed E-state index contributed by atoms with van der Waals surface area (Å²) in [5.74, 6) is -0.127. The molecule has 0 bridgehead atoms. The summed E-state index contributed by atoms with van der Waals surface area (Å²) < 4.78 is 3.19. The molecule has 4 rings (SSSR count). The number of aliphatic hydroxyl groups is 1. The Bertz CT molecular complexity index is 1020. The highest BCUT2D eigenvalue weighted by atomic mass is 35.5. The van der Waals surface area contributed by atoms with Gasteiger partial charge in [-0.1, -0.05) is 25.4 Å². The van der Waals surface area contributed by atoms with E-state index in [2.05, 4.69) is 19.9 Å². The van der Waals surface area contributed by atoms with Crippen LogP contribution >= 0.6 is 34.9 Å². The number of halogens is 1. The van der Waals surface area contributed by atoms with Gasteiger partial charge in [0.25, 0.3) is 0 Å². The fraction of sp³-hybridized carbons (Fsp3) is 0.333. The molecular weight excluding hydrogens is 476 g/mol. The first kappa shape index (κ1) is 25.4. The molecule has 176 valence electrons. The maximum absolute atomic E-state index is 13.1. The summed E-state index contributed by atoms with van der Waals surface area (Å²) in [6, 6.07) is 13.0. The van der Waals surface area contributed by atoms with E-state index in [1.165, 1.54) is 23.3 Å². The first-order chi connectivity index (χ1) is 16.1. The predicted octanol–water partition coefficient (Wildman–Crippen LogP) is 6.08. The van der Waals surface area contributed by atoms with Crippen molar-refractivity contribution >= 4 is 57.3 Å². The monoisotopic (exact) mass is 504 g/mol. The first-order valence-corrected chi connectivity index (χ1v) is 13.1. The number of aromatic nitrogens is 1. The number of thiazole rings is 1. The molecule has 2 aromatic carbocycles. The van der Waals surface area contributed by atoms with E-state index in [4.69, 9.17) is 11.6 Å². The van der Waals surface area contributed by atoms with Gasteiger partial charge in [-0.25, -0.2) is 4.98 Å². The fourth-order valence-corrected chi connectivity index (χ4v) is 5.09. The van der Waals surface area contributed by atoms with Gasteiger partial charge in [0.05, 0.1) is 0 Å². The van der Waals surface area contributed by atoms with Gasteiger partial charge in [0.1, 0.15) is 6.04 Å². The van der Waals surface area contributed by atoms with E-state index in [-0.39, 0.29) is 12.5 Å². The Kier molecular flexibility index (Phi) is 9.87. The minimum absolute atomic E-state index is 0.0600. The number of nitrogens with one attached hydrogen (secondary N) is 2. The Balaban J connectivity index is 0.00000149. The van der Waals surface area contributed by atoms with Crippen molar-refractivity contribution in [2.24, 2.45) is 0 Å². The van der Waals surface area contributed by atoms with Crippen molar-refractivity contribution in [3.63, 3.8) is 0 Å². The molecule has 6 nitrogen and oxygen atoms in total. The van der Waals surface area contributed by atoms with Crippen LogP contribution in [0.2, 0.25) is 5.02 Å². The van der Waals surface area contributed by atoms with Crippen molar-refractivity contribution in [1.82, 2.24) is 4.98 Å². The molecule has 2 heterocycles. The summed E-state index contributed by atoms with van der Waals surface area (Å²) in [5.41, 5.74) is 2.88. The van der Waals surface area contributed by atoms with Crippen molar-refractivity contribution in [2.75, 3.05) is 28.1 Å². The third kappa shape index (κ3) is 6.86. The molecule has 1 aliphatic heterocycles. The van der Waals surface area contributed by atoms with Crippen LogP contribution in [-0.4, -0.2) is 35.2 Å². The zero-order chi connectivity index (χ0) is 23.6.